The molecular weight excluding hydrogens is 288 g/mol. The highest BCUT2D eigenvalue weighted by molar-refractivity contribution is 5.92. The van der Waals surface area contributed by atoms with Crippen LogP contribution in [0, 0.1) is 0 Å². The number of carbonyl (C=O) groups is 1. The van der Waals surface area contributed by atoms with Gasteiger partial charge in [-0.1, -0.05) is 13.3 Å². The molecule has 1 amide bonds. The monoisotopic (exact) mass is 314 g/mol. The van der Waals surface area contributed by atoms with Gasteiger partial charge in [-0.2, -0.15) is 5.10 Å². The summed E-state index contributed by atoms with van der Waals surface area (Å²) in [6, 6.07) is 2.24. The lowest BCUT2D eigenvalue weighted by Crippen LogP contribution is -2.33. The molecule has 0 spiro atoms. The van der Waals surface area contributed by atoms with Crippen molar-refractivity contribution in [1.29, 1.82) is 0 Å². The Hall–Kier alpha value is -1.07. The van der Waals surface area contributed by atoms with E-state index in [4.69, 9.17) is 0 Å². The molecule has 120 valence electrons. The minimum Gasteiger partial charge on any atom is -0.338 e. The maximum atomic E-state index is 12.4. The van der Waals surface area contributed by atoms with E-state index in [-0.39, 0.29) is 18.3 Å². The second-order valence-electron chi connectivity index (χ2n) is 5.42. The quantitative estimate of drug-likeness (QED) is 0.877. The van der Waals surface area contributed by atoms with Crippen molar-refractivity contribution in [3.05, 3.63) is 18.0 Å². The Labute approximate surface area is 133 Å². The smallest absolute Gasteiger partial charge is 0.274 e. The Balaban J connectivity index is 0.00000220. The summed E-state index contributed by atoms with van der Waals surface area (Å²) < 4.78 is 1.95. The fourth-order valence-electron chi connectivity index (χ4n) is 2.63. The summed E-state index contributed by atoms with van der Waals surface area (Å²) in [5.74, 6) is 0.0588. The van der Waals surface area contributed by atoms with Gasteiger partial charge in [-0.15, -0.1) is 12.4 Å². The van der Waals surface area contributed by atoms with Crippen molar-refractivity contribution in [2.24, 2.45) is 0 Å². The zero-order valence-corrected chi connectivity index (χ0v) is 13.9. The van der Waals surface area contributed by atoms with Crippen LogP contribution in [0.5, 0.6) is 0 Å². The van der Waals surface area contributed by atoms with Gasteiger partial charge in [0.15, 0.2) is 0 Å². The van der Waals surface area contributed by atoms with E-state index < -0.39 is 0 Å². The number of hydrogen-bond acceptors (Lipinski definition) is 3. The number of nitrogens with zero attached hydrogens (tertiary/aromatic N) is 3. The fraction of sp³-hybridized carbons (Fsp3) is 0.733. The van der Waals surface area contributed by atoms with Gasteiger partial charge in [0.25, 0.3) is 5.91 Å². The second-order valence-corrected chi connectivity index (χ2v) is 5.42. The van der Waals surface area contributed by atoms with Gasteiger partial charge in [0.05, 0.1) is 6.04 Å². The number of halogens is 1. The molecule has 0 aliphatic carbocycles. The Bertz CT molecular complexity index is 429. The van der Waals surface area contributed by atoms with Gasteiger partial charge in [0, 0.05) is 25.8 Å². The lowest BCUT2D eigenvalue weighted by molar-refractivity contribution is 0.0755. The maximum Gasteiger partial charge on any atom is 0.274 e. The predicted octanol–water partition coefficient (Wildman–Crippen LogP) is 2.49. The molecule has 1 aliphatic rings. The standard InChI is InChI=1S/C15H26N4O.ClH/c1-3-5-10-18(4-2)15(20)14-8-11-19(17-14)13-7-6-9-16-12-13;/h8,11,13,16H,3-7,9-10,12H2,1-2H3;1H. The first kappa shape index (κ1) is 18.0. The third kappa shape index (κ3) is 4.71. The van der Waals surface area contributed by atoms with Crippen LogP contribution in [-0.2, 0) is 0 Å². The van der Waals surface area contributed by atoms with E-state index in [1.165, 1.54) is 6.42 Å². The normalized spacial score (nSPS) is 18.1. The van der Waals surface area contributed by atoms with Crippen LogP contribution in [0.4, 0.5) is 0 Å². The Kier molecular flexibility index (Phi) is 7.75. The van der Waals surface area contributed by atoms with Gasteiger partial charge in [-0.05, 0) is 38.8 Å². The minimum atomic E-state index is 0. The second kappa shape index (κ2) is 9.05. The Morgan fingerprint density at radius 3 is 2.95 bits per heavy atom. The average molecular weight is 315 g/mol. The molecule has 0 saturated carbocycles. The Morgan fingerprint density at radius 2 is 2.33 bits per heavy atom. The van der Waals surface area contributed by atoms with E-state index in [1.54, 1.807) is 0 Å². The average Bonchev–Trinajstić information content (AvgIpc) is 2.98. The highest BCUT2D eigenvalue weighted by atomic mass is 35.5. The topological polar surface area (TPSA) is 50.2 Å². The molecule has 2 heterocycles. The van der Waals surface area contributed by atoms with Crippen molar-refractivity contribution < 1.29 is 4.79 Å². The molecule has 1 N–H and O–H groups in total. The van der Waals surface area contributed by atoms with E-state index in [9.17, 15) is 4.79 Å². The minimum absolute atomic E-state index is 0. The summed E-state index contributed by atoms with van der Waals surface area (Å²) >= 11 is 0. The van der Waals surface area contributed by atoms with Crippen LogP contribution in [-0.4, -0.2) is 46.8 Å². The molecule has 2 rings (SSSR count). The third-order valence-electron chi connectivity index (χ3n) is 3.92. The number of rotatable bonds is 6. The van der Waals surface area contributed by atoms with Gasteiger partial charge < -0.3 is 10.2 Å². The number of amides is 1. The van der Waals surface area contributed by atoms with Crippen LogP contribution in [0.15, 0.2) is 12.3 Å². The van der Waals surface area contributed by atoms with Crippen molar-refractivity contribution in [1.82, 2.24) is 20.0 Å². The summed E-state index contributed by atoms with van der Waals surface area (Å²) in [5, 5.41) is 7.87. The highest BCUT2D eigenvalue weighted by Crippen LogP contribution is 2.16. The van der Waals surface area contributed by atoms with E-state index in [1.807, 2.05) is 28.8 Å². The molecule has 1 aromatic heterocycles. The zero-order valence-electron chi connectivity index (χ0n) is 13.0. The largest absolute Gasteiger partial charge is 0.338 e. The molecule has 1 aliphatic heterocycles. The number of carbonyl (C=O) groups excluding carboxylic acids is 1. The van der Waals surface area contributed by atoms with Crippen LogP contribution in [0.3, 0.4) is 0 Å². The number of unbranched alkanes of at least 4 members (excludes halogenated alkanes) is 1. The third-order valence-corrected chi connectivity index (χ3v) is 3.92. The molecule has 5 nitrogen and oxygen atoms in total. The molecule has 1 aromatic rings. The molecule has 1 saturated heterocycles. The van der Waals surface area contributed by atoms with Crippen molar-refractivity contribution in [2.75, 3.05) is 26.2 Å². The van der Waals surface area contributed by atoms with Crippen molar-refractivity contribution in [3.63, 3.8) is 0 Å². The molecule has 1 unspecified atom stereocenters. The molecule has 0 bridgehead atoms. The SMILES string of the molecule is CCCCN(CC)C(=O)c1ccn(C2CCCNC2)n1.Cl. The number of piperidine rings is 1. The number of nitrogens with one attached hydrogen (secondary N) is 1. The summed E-state index contributed by atoms with van der Waals surface area (Å²) in [5.41, 5.74) is 0.577. The lowest BCUT2D eigenvalue weighted by Gasteiger charge is -2.23. The predicted molar refractivity (Wildman–Crippen MR) is 87.1 cm³/mol. The molecule has 1 atom stereocenters. The van der Waals surface area contributed by atoms with Gasteiger partial charge in [-0.25, -0.2) is 0 Å². The fourth-order valence-corrected chi connectivity index (χ4v) is 2.63. The van der Waals surface area contributed by atoms with Gasteiger partial charge in [-0.3, -0.25) is 9.48 Å². The molecular formula is C15H27ClN4O. The van der Waals surface area contributed by atoms with Crippen LogP contribution in [0.2, 0.25) is 0 Å². The first-order valence-electron chi connectivity index (χ1n) is 7.81. The van der Waals surface area contributed by atoms with Gasteiger partial charge in [0.2, 0.25) is 0 Å². The first-order valence-corrected chi connectivity index (χ1v) is 7.81. The van der Waals surface area contributed by atoms with Crippen molar-refractivity contribution in [3.8, 4) is 0 Å². The van der Waals surface area contributed by atoms with E-state index in [0.29, 0.717) is 11.7 Å². The number of hydrogen-bond donors (Lipinski definition) is 1. The van der Waals surface area contributed by atoms with Crippen LogP contribution >= 0.6 is 12.4 Å². The summed E-state index contributed by atoms with van der Waals surface area (Å²) in [6.07, 6.45) is 6.40. The van der Waals surface area contributed by atoms with E-state index in [0.717, 1.165) is 45.4 Å². The Morgan fingerprint density at radius 1 is 1.52 bits per heavy atom. The molecule has 6 heteroatoms. The van der Waals surface area contributed by atoms with Crippen LogP contribution in [0.1, 0.15) is 56.1 Å². The number of aromatic nitrogens is 2. The van der Waals surface area contributed by atoms with Crippen molar-refractivity contribution >= 4 is 18.3 Å². The van der Waals surface area contributed by atoms with E-state index >= 15 is 0 Å². The zero-order chi connectivity index (χ0) is 14.4. The summed E-state index contributed by atoms with van der Waals surface area (Å²) in [4.78, 5) is 14.3. The molecule has 0 radical (unpaired) electrons. The highest BCUT2D eigenvalue weighted by Gasteiger charge is 2.20. The molecule has 1 fully saturated rings. The maximum absolute atomic E-state index is 12.4. The van der Waals surface area contributed by atoms with Crippen molar-refractivity contribution in [2.45, 2.75) is 45.6 Å². The lowest BCUT2D eigenvalue weighted by atomic mass is 10.1. The summed E-state index contributed by atoms with van der Waals surface area (Å²) in [7, 11) is 0. The van der Waals surface area contributed by atoms with E-state index in [2.05, 4.69) is 17.3 Å². The summed E-state index contributed by atoms with van der Waals surface area (Å²) in [6.45, 7) is 7.77. The van der Waals surface area contributed by atoms with Gasteiger partial charge in [0.1, 0.15) is 5.69 Å². The first-order chi connectivity index (χ1) is 9.76. The van der Waals surface area contributed by atoms with Gasteiger partial charge >= 0.3 is 0 Å². The molecule has 0 aromatic carbocycles. The molecule has 21 heavy (non-hydrogen) atoms. The van der Waals surface area contributed by atoms with Crippen LogP contribution in [0.25, 0.3) is 0 Å². The van der Waals surface area contributed by atoms with Crippen LogP contribution < -0.4 is 5.32 Å².